The monoisotopic (exact) mass is 217 g/mol. The molecule has 6 nitrogen and oxygen atoms in total. The smallest absolute Gasteiger partial charge is 0.329 e. The van der Waals surface area contributed by atoms with Gasteiger partial charge in [0.25, 0.3) is 0 Å². The number of nitrogens with one attached hydrogen (secondary N) is 1. The molecule has 0 aromatic rings. The molecule has 1 saturated carbocycles. The van der Waals surface area contributed by atoms with Crippen LogP contribution >= 0.6 is 0 Å². The number of hydrogen-bond acceptors (Lipinski definition) is 4. The molecule has 0 aliphatic heterocycles. The number of aliphatic carboxylic acids is 1. The molecule has 0 spiro atoms. The number of carbonyl (C=O) groups excluding carboxylic acids is 1. The van der Waals surface area contributed by atoms with Crippen molar-refractivity contribution in [2.75, 3.05) is 19.8 Å². The lowest BCUT2D eigenvalue weighted by molar-refractivity contribution is -0.144. The number of carbonyl (C=O) groups is 2. The van der Waals surface area contributed by atoms with Gasteiger partial charge in [-0.05, 0) is 19.3 Å². The van der Waals surface area contributed by atoms with Crippen molar-refractivity contribution >= 4 is 11.9 Å². The summed E-state index contributed by atoms with van der Waals surface area (Å²) in [6.45, 7) is -0.856. The van der Waals surface area contributed by atoms with E-state index in [0.29, 0.717) is 0 Å². The molecule has 1 aliphatic rings. The molecule has 15 heavy (non-hydrogen) atoms. The highest BCUT2D eigenvalue weighted by Gasteiger charge is 2.37. The number of carboxylic acids is 1. The van der Waals surface area contributed by atoms with E-state index in [-0.39, 0.29) is 19.1 Å². The van der Waals surface area contributed by atoms with E-state index in [1.165, 1.54) is 0 Å². The van der Waals surface area contributed by atoms with Gasteiger partial charge in [-0.15, -0.1) is 0 Å². The molecule has 0 unspecified atom stereocenters. The molecule has 86 valence electrons. The van der Waals surface area contributed by atoms with Gasteiger partial charge in [-0.3, -0.25) is 4.79 Å². The Bertz CT molecular complexity index is 243. The molecule has 1 fully saturated rings. The fourth-order valence-electron chi connectivity index (χ4n) is 1.49. The van der Waals surface area contributed by atoms with Crippen molar-refractivity contribution in [1.29, 1.82) is 0 Å². The van der Waals surface area contributed by atoms with Crippen molar-refractivity contribution in [3.63, 3.8) is 0 Å². The molecule has 1 rings (SSSR count). The third kappa shape index (κ3) is 3.49. The topological polar surface area (TPSA) is 95.9 Å². The van der Waals surface area contributed by atoms with Crippen LogP contribution in [0.4, 0.5) is 0 Å². The van der Waals surface area contributed by atoms with Crippen molar-refractivity contribution in [2.45, 2.75) is 24.8 Å². The lowest BCUT2D eigenvalue weighted by atomic mass is 9.77. The summed E-state index contributed by atoms with van der Waals surface area (Å²) in [5.74, 6) is -1.49. The predicted octanol–water partition coefficient (Wildman–Crippen LogP) is -0.881. The van der Waals surface area contributed by atoms with Crippen LogP contribution in [0.2, 0.25) is 0 Å². The number of aliphatic hydroxyl groups is 1. The minimum absolute atomic E-state index is 0.0856. The molecule has 1 amide bonds. The SMILES string of the molecule is O=C(O)COCC(=O)NC1(CO)CCC1. The quantitative estimate of drug-likeness (QED) is 0.537. The third-order valence-electron chi connectivity index (χ3n) is 2.48. The minimum Gasteiger partial charge on any atom is -0.480 e. The summed E-state index contributed by atoms with van der Waals surface area (Å²) in [5.41, 5.74) is -0.496. The standard InChI is InChI=1S/C9H15NO5/c11-6-9(2-1-3-9)10-7(12)4-15-5-8(13)14/h11H,1-6H2,(H,10,12)(H,13,14). The number of amides is 1. The molecule has 0 atom stereocenters. The number of carboxylic acid groups (broad SMARTS) is 1. The summed E-state index contributed by atoms with van der Waals surface area (Å²) < 4.78 is 4.62. The van der Waals surface area contributed by atoms with E-state index in [9.17, 15) is 9.59 Å². The Morgan fingerprint density at radius 2 is 2.00 bits per heavy atom. The Balaban J connectivity index is 2.20. The maximum atomic E-state index is 11.3. The Morgan fingerprint density at radius 3 is 2.40 bits per heavy atom. The van der Waals surface area contributed by atoms with Crippen molar-refractivity contribution < 1.29 is 24.5 Å². The average molecular weight is 217 g/mol. The lowest BCUT2D eigenvalue weighted by Crippen LogP contribution is -2.57. The van der Waals surface area contributed by atoms with Gasteiger partial charge in [0.15, 0.2) is 0 Å². The van der Waals surface area contributed by atoms with Crippen LogP contribution < -0.4 is 5.32 Å². The fourth-order valence-corrected chi connectivity index (χ4v) is 1.49. The van der Waals surface area contributed by atoms with Crippen LogP contribution in [-0.2, 0) is 14.3 Å². The van der Waals surface area contributed by atoms with Gasteiger partial charge < -0.3 is 20.3 Å². The summed E-state index contributed by atoms with van der Waals surface area (Å²) in [5, 5.41) is 20.0. The van der Waals surface area contributed by atoms with E-state index in [1.54, 1.807) is 0 Å². The zero-order valence-electron chi connectivity index (χ0n) is 8.36. The average Bonchev–Trinajstić information content (AvgIpc) is 2.11. The number of ether oxygens (including phenoxy) is 1. The second-order valence-corrected chi connectivity index (χ2v) is 3.73. The molecule has 0 radical (unpaired) electrons. The first kappa shape index (κ1) is 11.9. The van der Waals surface area contributed by atoms with Gasteiger partial charge >= 0.3 is 5.97 Å². The summed E-state index contributed by atoms with van der Waals surface area (Å²) in [7, 11) is 0. The van der Waals surface area contributed by atoms with Crippen LogP contribution in [0, 0.1) is 0 Å². The van der Waals surface area contributed by atoms with Crippen molar-refractivity contribution in [1.82, 2.24) is 5.32 Å². The highest BCUT2D eigenvalue weighted by molar-refractivity contribution is 5.78. The van der Waals surface area contributed by atoms with Crippen LogP contribution in [0.25, 0.3) is 0 Å². The summed E-state index contributed by atoms with van der Waals surface area (Å²) >= 11 is 0. The molecular formula is C9H15NO5. The van der Waals surface area contributed by atoms with E-state index < -0.39 is 18.1 Å². The number of rotatable bonds is 6. The van der Waals surface area contributed by atoms with Gasteiger partial charge in [0.1, 0.15) is 13.2 Å². The van der Waals surface area contributed by atoms with E-state index >= 15 is 0 Å². The summed E-state index contributed by atoms with van der Waals surface area (Å²) in [6.07, 6.45) is 2.50. The highest BCUT2D eigenvalue weighted by atomic mass is 16.5. The summed E-state index contributed by atoms with van der Waals surface area (Å²) in [4.78, 5) is 21.3. The molecular weight excluding hydrogens is 202 g/mol. The Morgan fingerprint density at radius 1 is 1.33 bits per heavy atom. The maximum Gasteiger partial charge on any atom is 0.329 e. The van der Waals surface area contributed by atoms with Crippen LogP contribution in [0.3, 0.4) is 0 Å². The lowest BCUT2D eigenvalue weighted by Gasteiger charge is -2.40. The van der Waals surface area contributed by atoms with Crippen LogP contribution in [0.15, 0.2) is 0 Å². The van der Waals surface area contributed by atoms with E-state index in [1.807, 2.05) is 0 Å². The molecule has 0 heterocycles. The highest BCUT2D eigenvalue weighted by Crippen LogP contribution is 2.30. The van der Waals surface area contributed by atoms with Gasteiger partial charge in [-0.1, -0.05) is 0 Å². The fraction of sp³-hybridized carbons (Fsp3) is 0.778. The van der Waals surface area contributed by atoms with E-state index in [4.69, 9.17) is 10.2 Å². The van der Waals surface area contributed by atoms with Gasteiger partial charge in [0.2, 0.25) is 5.91 Å². The molecule has 1 aliphatic carbocycles. The first-order valence-electron chi connectivity index (χ1n) is 4.79. The Labute approximate surface area is 87.2 Å². The van der Waals surface area contributed by atoms with Crippen molar-refractivity contribution in [3.8, 4) is 0 Å². The van der Waals surface area contributed by atoms with Crippen molar-refractivity contribution in [3.05, 3.63) is 0 Å². The van der Waals surface area contributed by atoms with Gasteiger partial charge in [-0.2, -0.15) is 0 Å². The molecule has 0 aromatic heterocycles. The van der Waals surface area contributed by atoms with Crippen LogP contribution in [-0.4, -0.2) is 47.4 Å². The zero-order valence-corrected chi connectivity index (χ0v) is 8.36. The number of aliphatic hydroxyl groups excluding tert-OH is 1. The zero-order chi connectivity index (χ0) is 11.3. The normalized spacial score (nSPS) is 17.9. The first-order chi connectivity index (χ1) is 7.08. The Hall–Kier alpha value is -1.14. The third-order valence-corrected chi connectivity index (χ3v) is 2.48. The molecule has 0 bridgehead atoms. The molecule has 0 aromatic carbocycles. The number of hydrogen-bond donors (Lipinski definition) is 3. The van der Waals surface area contributed by atoms with Gasteiger partial charge in [-0.25, -0.2) is 4.79 Å². The summed E-state index contributed by atoms with van der Waals surface area (Å²) in [6, 6.07) is 0. The second-order valence-electron chi connectivity index (χ2n) is 3.73. The Kier molecular flexibility index (Phi) is 4.05. The van der Waals surface area contributed by atoms with Crippen LogP contribution in [0.5, 0.6) is 0 Å². The van der Waals surface area contributed by atoms with E-state index in [2.05, 4.69) is 10.1 Å². The maximum absolute atomic E-state index is 11.3. The van der Waals surface area contributed by atoms with E-state index in [0.717, 1.165) is 19.3 Å². The van der Waals surface area contributed by atoms with Gasteiger partial charge in [0.05, 0.1) is 12.1 Å². The first-order valence-corrected chi connectivity index (χ1v) is 4.79. The largest absolute Gasteiger partial charge is 0.480 e. The molecule has 0 saturated heterocycles. The molecule has 3 N–H and O–H groups in total. The van der Waals surface area contributed by atoms with Gasteiger partial charge in [0, 0.05) is 0 Å². The molecule has 6 heteroatoms. The second kappa shape index (κ2) is 5.09. The predicted molar refractivity (Wildman–Crippen MR) is 50.3 cm³/mol. The van der Waals surface area contributed by atoms with Crippen LogP contribution in [0.1, 0.15) is 19.3 Å². The van der Waals surface area contributed by atoms with Crippen molar-refractivity contribution in [2.24, 2.45) is 0 Å². The minimum atomic E-state index is -1.11.